The van der Waals surface area contributed by atoms with E-state index in [-0.39, 0.29) is 29.1 Å². The van der Waals surface area contributed by atoms with Gasteiger partial charge < -0.3 is 19.3 Å². The molecule has 4 aromatic rings. The van der Waals surface area contributed by atoms with E-state index in [4.69, 9.17) is 54.1 Å². The lowest BCUT2D eigenvalue weighted by atomic mass is 9.98. The number of halogens is 3. The Balaban J connectivity index is 1.61. The van der Waals surface area contributed by atoms with Gasteiger partial charge in [0.15, 0.2) is 27.6 Å². The molecule has 1 N–H and O–H groups in total. The van der Waals surface area contributed by atoms with Crippen LogP contribution in [0.3, 0.4) is 0 Å². The lowest BCUT2D eigenvalue weighted by Gasteiger charge is -2.25. The summed E-state index contributed by atoms with van der Waals surface area (Å²) in [6.45, 7) is 0.248. The largest absolute Gasteiger partial charge is 0.493 e. The minimum Gasteiger partial charge on any atom is -0.493 e. The summed E-state index contributed by atoms with van der Waals surface area (Å²) in [6, 6.07) is 10.9. The Kier molecular flexibility index (Phi) is 7.44. The third-order valence-corrected chi connectivity index (χ3v) is 6.96. The van der Waals surface area contributed by atoms with Gasteiger partial charge in [-0.25, -0.2) is 4.98 Å². The van der Waals surface area contributed by atoms with Crippen molar-refractivity contribution >= 4 is 40.8 Å². The van der Waals surface area contributed by atoms with Crippen LogP contribution in [0.4, 0.5) is 0 Å². The van der Waals surface area contributed by atoms with Crippen molar-refractivity contribution in [2.45, 2.75) is 31.6 Å². The predicted molar refractivity (Wildman–Crippen MR) is 138 cm³/mol. The maximum atomic E-state index is 11.0. The number of para-hydroxylation sites is 1. The number of rotatable bonds is 8. The number of methoxy groups -OCH3 is 2. The Morgan fingerprint density at radius 2 is 1.95 bits per heavy atom. The SMILES string of the molecule is COc1cccc([C@H]2O[C@H](CCn3nnc(CC(=O)O)n3)c3nc(Cl)c(Cl)n3-c3ccc(Cl)cc32)c1OC. The van der Waals surface area contributed by atoms with Crippen LogP contribution in [0.5, 0.6) is 11.5 Å². The Hall–Kier alpha value is -3.38. The molecule has 1 aliphatic rings. The number of carboxylic acid groups (broad SMARTS) is 1. The number of carbonyl (C=O) groups is 1. The van der Waals surface area contributed by atoms with Crippen LogP contribution < -0.4 is 9.47 Å². The van der Waals surface area contributed by atoms with Gasteiger partial charge in [-0.2, -0.15) is 4.80 Å². The Labute approximate surface area is 231 Å². The third kappa shape index (κ3) is 4.90. The zero-order valence-corrected chi connectivity index (χ0v) is 22.4. The van der Waals surface area contributed by atoms with Crippen LogP contribution in [0, 0.1) is 0 Å². The second kappa shape index (κ2) is 10.8. The first-order valence-electron chi connectivity index (χ1n) is 11.4. The van der Waals surface area contributed by atoms with Gasteiger partial charge in [-0.15, -0.1) is 10.2 Å². The molecule has 198 valence electrons. The molecule has 0 aliphatic carbocycles. The highest BCUT2D eigenvalue weighted by molar-refractivity contribution is 6.40. The molecule has 0 saturated heterocycles. The van der Waals surface area contributed by atoms with Gasteiger partial charge in [0.2, 0.25) is 0 Å². The van der Waals surface area contributed by atoms with Crippen LogP contribution in [0.2, 0.25) is 15.3 Å². The van der Waals surface area contributed by atoms with Crippen molar-refractivity contribution in [1.29, 1.82) is 0 Å². The number of imidazole rings is 1. The molecule has 1 aliphatic heterocycles. The van der Waals surface area contributed by atoms with Gasteiger partial charge in [0, 0.05) is 22.6 Å². The summed E-state index contributed by atoms with van der Waals surface area (Å²) >= 11 is 19.4. The summed E-state index contributed by atoms with van der Waals surface area (Å²) in [4.78, 5) is 16.8. The number of aromatic nitrogens is 6. The van der Waals surface area contributed by atoms with Crippen molar-refractivity contribution in [3.8, 4) is 17.2 Å². The Morgan fingerprint density at radius 1 is 1.13 bits per heavy atom. The molecule has 0 amide bonds. The van der Waals surface area contributed by atoms with E-state index >= 15 is 0 Å². The molecular formula is C24H21Cl3N6O5. The highest BCUT2D eigenvalue weighted by Crippen LogP contribution is 2.47. The fraction of sp³-hybridized carbons (Fsp3) is 0.292. The molecule has 5 rings (SSSR count). The number of benzene rings is 2. The number of aryl methyl sites for hydroxylation is 1. The van der Waals surface area contributed by atoms with Gasteiger partial charge in [-0.3, -0.25) is 9.36 Å². The van der Waals surface area contributed by atoms with Crippen LogP contribution in [0.1, 0.15) is 41.4 Å². The van der Waals surface area contributed by atoms with Crippen molar-refractivity contribution in [2.24, 2.45) is 0 Å². The summed E-state index contributed by atoms with van der Waals surface area (Å²) in [5, 5.41) is 21.7. The predicted octanol–water partition coefficient (Wildman–Crippen LogP) is 4.71. The first kappa shape index (κ1) is 26.2. The zero-order valence-electron chi connectivity index (χ0n) is 20.1. The zero-order chi connectivity index (χ0) is 27.0. The second-order valence-corrected chi connectivity index (χ2v) is 9.49. The van der Waals surface area contributed by atoms with Gasteiger partial charge in [0.1, 0.15) is 24.5 Å². The first-order chi connectivity index (χ1) is 18.3. The number of ether oxygens (including phenoxy) is 3. The van der Waals surface area contributed by atoms with E-state index in [0.29, 0.717) is 45.6 Å². The van der Waals surface area contributed by atoms with Crippen molar-refractivity contribution in [1.82, 2.24) is 29.8 Å². The van der Waals surface area contributed by atoms with Crippen LogP contribution >= 0.6 is 34.8 Å². The van der Waals surface area contributed by atoms with Gasteiger partial charge in [-0.05, 0) is 29.5 Å². The van der Waals surface area contributed by atoms with Gasteiger partial charge in [0.05, 0.1) is 26.5 Å². The quantitative estimate of drug-likeness (QED) is 0.316. The molecule has 0 spiro atoms. The molecule has 11 nitrogen and oxygen atoms in total. The highest BCUT2D eigenvalue weighted by atomic mass is 35.5. The monoisotopic (exact) mass is 578 g/mol. The summed E-state index contributed by atoms with van der Waals surface area (Å²) in [6.07, 6.45) is -1.32. The fourth-order valence-corrected chi connectivity index (χ4v) is 5.01. The van der Waals surface area contributed by atoms with E-state index in [9.17, 15) is 4.79 Å². The second-order valence-electron chi connectivity index (χ2n) is 8.34. The fourth-order valence-electron chi connectivity index (χ4n) is 4.44. The van der Waals surface area contributed by atoms with Gasteiger partial charge in [0.25, 0.3) is 0 Å². The lowest BCUT2D eigenvalue weighted by molar-refractivity contribution is -0.136. The lowest BCUT2D eigenvalue weighted by Crippen LogP contribution is -2.15. The van der Waals surface area contributed by atoms with Crippen molar-refractivity contribution < 1.29 is 24.1 Å². The molecule has 0 saturated carbocycles. The van der Waals surface area contributed by atoms with Crippen molar-refractivity contribution in [3.63, 3.8) is 0 Å². The molecule has 14 heteroatoms. The van der Waals surface area contributed by atoms with E-state index in [1.165, 1.54) is 4.80 Å². The van der Waals surface area contributed by atoms with Crippen LogP contribution in [0.15, 0.2) is 36.4 Å². The molecule has 0 radical (unpaired) electrons. The molecule has 3 heterocycles. The van der Waals surface area contributed by atoms with E-state index in [1.54, 1.807) is 37.0 Å². The summed E-state index contributed by atoms with van der Waals surface area (Å²) in [5.74, 6) is 0.570. The topological polar surface area (TPSA) is 126 Å². The molecule has 2 atom stereocenters. The molecular weight excluding hydrogens is 559 g/mol. The Bertz CT molecular complexity index is 1510. The van der Waals surface area contributed by atoms with E-state index in [1.807, 2.05) is 18.2 Å². The minimum absolute atomic E-state index is 0.105. The number of hydrogen-bond donors (Lipinski definition) is 1. The standard InChI is InChI=1S/C24H21Cl3N6O5/c1-36-16-5-3-4-13(21(16)37-2)20-14-10-12(25)6-7-15(14)33-23(27)22(26)28-24(33)17(38-20)8-9-32-30-18(29-31-32)11-19(34)35/h3-7,10,17,20H,8-9,11H2,1-2H3,(H,34,35)/t17-,20-/m1/s1. The average molecular weight is 580 g/mol. The normalized spacial score (nSPS) is 16.4. The highest BCUT2D eigenvalue weighted by Gasteiger charge is 2.36. The van der Waals surface area contributed by atoms with Crippen LogP contribution in [-0.2, 0) is 22.5 Å². The summed E-state index contributed by atoms with van der Waals surface area (Å²) in [5.41, 5.74) is 2.11. The molecule has 0 unspecified atom stereocenters. The maximum Gasteiger partial charge on any atom is 0.311 e. The number of hydrogen-bond acceptors (Lipinski definition) is 8. The molecule has 2 aromatic heterocycles. The van der Waals surface area contributed by atoms with Gasteiger partial charge in [-0.1, -0.05) is 46.9 Å². The molecule has 2 aromatic carbocycles. The number of nitrogens with zero attached hydrogens (tertiary/aromatic N) is 6. The summed E-state index contributed by atoms with van der Waals surface area (Å²) in [7, 11) is 3.12. The van der Waals surface area contributed by atoms with E-state index in [0.717, 1.165) is 0 Å². The van der Waals surface area contributed by atoms with Crippen LogP contribution in [-0.4, -0.2) is 55.1 Å². The number of aliphatic carboxylic acids is 1. The van der Waals surface area contributed by atoms with Gasteiger partial charge >= 0.3 is 5.97 Å². The maximum absolute atomic E-state index is 11.0. The summed E-state index contributed by atoms with van der Waals surface area (Å²) < 4.78 is 19.7. The first-order valence-corrected chi connectivity index (χ1v) is 12.5. The van der Waals surface area contributed by atoms with E-state index in [2.05, 4.69) is 20.4 Å². The number of carboxylic acids is 1. The number of fused-ring (bicyclic) bond motifs is 3. The Morgan fingerprint density at radius 3 is 2.68 bits per heavy atom. The average Bonchev–Trinajstić information content (AvgIpc) is 3.42. The smallest absolute Gasteiger partial charge is 0.311 e. The van der Waals surface area contributed by atoms with Crippen LogP contribution in [0.25, 0.3) is 5.69 Å². The van der Waals surface area contributed by atoms with E-state index < -0.39 is 18.2 Å². The number of tetrazole rings is 1. The van der Waals surface area contributed by atoms with Crippen molar-refractivity contribution in [2.75, 3.05) is 14.2 Å². The minimum atomic E-state index is -1.05. The third-order valence-electron chi connectivity index (χ3n) is 6.02. The van der Waals surface area contributed by atoms with Crippen molar-refractivity contribution in [3.05, 3.63) is 74.5 Å². The molecule has 0 fully saturated rings. The molecule has 0 bridgehead atoms. The molecule has 38 heavy (non-hydrogen) atoms.